The van der Waals surface area contributed by atoms with Crippen LogP contribution in [-0.4, -0.2) is 35.3 Å². The average molecular weight is 329 g/mol. The monoisotopic (exact) mass is 329 g/mol. The standard InChI is InChI=1S/C18H23N3O3/c1-11-4-8-14(9-5-11)18(3)16(23)21(17(24)20-18)10-15(22)19-12(2)13-6-7-13/h4-5,8-9,12-13H,6-7,10H2,1-3H3,(H,19,22)(H,20,24). The lowest BCUT2D eigenvalue weighted by Crippen LogP contribution is -2.45. The molecule has 4 amide bonds. The number of hydrogen-bond donors (Lipinski definition) is 2. The van der Waals surface area contributed by atoms with E-state index < -0.39 is 17.5 Å². The van der Waals surface area contributed by atoms with E-state index in [1.165, 1.54) is 0 Å². The maximum Gasteiger partial charge on any atom is 0.325 e. The number of carbonyl (C=O) groups excluding carboxylic acids is 3. The predicted octanol–water partition coefficient (Wildman–Crippen LogP) is 1.68. The first-order chi connectivity index (χ1) is 11.3. The fourth-order valence-electron chi connectivity index (χ4n) is 3.08. The Hall–Kier alpha value is -2.37. The SMILES string of the molecule is Cc1ccc(C2(C)NC(=O)N(CC(=O)NC(C)C3CC3)C2=O)cc1. The summed E-state index contributed by atoms with van der Waals surface area (Å²) >= 11 is 0. The topological polar surface area (TPSA) is 78.5 Å². The van der Waals surface area contributed by atoms with E-state index in [1.807, 2.05) is 38.1 Å². The molecule has 1 saturated heterocycles. The Bertz CT molecular complexity index is 681. The van der Waals surface area contributed by atoms with Crippen LogP contribution in [-0.2, 0) is 15.1 Å². The van der Waals surface area contributed by atoms with Crippen LogP contribution in [0.3, 0.4) is 0 Å². The van der Waals surface area contributed by atoms with Crippen LogP contribution in [0.1, 0.15) is 37.8 Å². The highest BCUT2D eigenvalue weighted by Crippen LogP contribution is 2.32. The number of nitrogens with one attached hydrogen (secondary N) is 2. The van der Waals surface area contributed by atoms with Crippen LogP contribution in [0.15, 0.2) is 24.3 Å². The third kappa shape index (κ3) is 3.00. The van der Waals surface area contributed by atoms with Gasteiger partial charge >= 0.3 is 6.03 Å². The van der Waals surface area contributed by atoms with Crippen molar-refractivity contribution in [1.29, 1.82) is 0 Å². The molecule has 2 fully saturated rings. The van der Waals surface area contributed by atoms with Gasteiger partial charge in [0.15, 0.2) is 0 Å². The van der Waals surface area contributed by atoms with E-state index in [4.69, 9.17) is 0 Å². The van der Waals surface area contributed by atoms with Crippen molar-refractivity contribution in [1.82, 2.24) is 15.5 Å². The number of carbonyl (C=O) groups is 3. The third-order valence-corrected chi connectivity index (χ3v) is 4.92. The molecular weight excluding hydrogens is 306 g/mol. The molecule has 2 atom stereocenters. The highest BCUT2D eigenvalue weighted by atomic mass is 16.2. The molecule has 2 N–H and O–H groups in total. The van der Waals surface area contributed by atoms with Gasteiger partial charge in [0, 0.05) is 6.04 Å². The Morgan fingerprint density at radius 1 is 1.33 bits per heavy atom. The van der Waals surface area contributed by atoms with Crippen molar-refractivity contribution in [3.05, 3.63) is 35.4 Å². The molecule has 1 heterocycles. The van der Waals surface area contributed by atoms with Crippen molar-refractivity contribution >= 4 is 17.8 Å². The Kier molecular flexibility index (Phi) is 4.07. The minimum atomic E-state index is -1.13. The van der Waals surface area contributed by atoms with E-state index in [9.17, 15) is 14.4 Å². The van der Waals surface area contributed by atoms with Gasteiger partial charge in [0.1, 0.15) is 12.1 Å². The summed E-state index contributed by atoms with van der Waals surface area (Å²) in [5.41, 5.74) is 0.651. The van der Waals surface area contributed by atoms with Gasteiger partial charge in [0.25, 0.3) is 5.91 Å². The van der Waals surface area contributed by atoms with Crippen molar-refractivity contribution < 1.29 is 14.4 Å². The first kappa shape index (κ1) is 16.5. The molecule has 2 aliphatic rings. The number of amides is 4. The summed E-state index contributed by atoms with van der Waals surface area (Å²) in [5, 5.41) is 5.59. The molecule has 2 unspecified atom stereocenters. The normalized spacial score (nSPS) is 24.7. The summed E-state index contributed by atoms with van der Waals surface area (Å²) in [6.45, 7) is 5.34. The molecule has 1 aromatic rings. The van der Waals surface area contributed by atoms with Crippen molar-refractivity contribution in [2.75, 3.05) is 6.54 Å². The zero-order chi connectivity index (χ0) is 17.5. The van der Waals surface area contributed by atoms with Crippen molar-refractivity contribution in [3.8, 4) is 0 Å². The molecule has 3 rings (SSSR count). The van der Waals surface area contributed by atoms with Gasteiger partial charge in [-0.05, 0) is 45.1 Å². The minimum absolute atomic E-state index is 0.0850. The zero-order valence-corrected chi connectivity index (χ0v) is 14.3. The van der Waals surface area contributed by atoms with Crippen LogP contribution in [0, 0.1) is 12.8 Å². The lowest BCUT2D eigenvalue weighted by molar-refractivity contribution is -0.135. The number of nitrogens with zero attached hydrogens (tertiary/aromatic N) is 1. The van der Waals surface area contributed by atoms with E-state index in [1.54, 1.807) is 6.92 Å². The molecule has 24 heavy (non-hydrogen) atoms. The number of rotatable bonds is 5. The first-order valence-electron chi connectivity index (χ1n) is 8.32. The van der Waals surface area contributed by atoms with Crippen molar-refractivity contribution in [2.24, 2.45) is 5.92 Å². The highest BCUT2D eigenvalue weighted by Gasteiger charge is 2.49. The number of hydrogen-bond acceptors (Lipinski definition) is 3. The van der Waals surface area contributed by atoms with Gasteiger partial charge in [0.05, 0.1) is 0 Å². The summed E-state index contributed by atoms with van der Waals surface area (Å²) in [6.07, 6.45) is 2.24. The van der Waals surface area contributed by atoms with Crippen molar-refractivity contribution in [2.45, 2.75) is 45.2 Å². The molecule has 128 valence electrons. The van der Waals surface area contributed by atoms with Crippen molar-refractivity contribution in [3.63, 3.8) is 0 Å². The van der Waals surface area contributed by atoms with Gasteiger partial charge in [-0.2, -0.15) is 0 Å². The number of imide groups is 1. The predicted molar refractivity (Wildman–Crippen MR) is 89.1 cm³/mol. The van der Waals surface area contributed by atoms with Crippen LogP contribution >= 0.6 is 0 Å². The summed E-state index contributed by atoms with van der Waals surface area (Å²) in [5.74, 6) is -0.175. The quantitative estimate of drug-likeness (QED) is 0.807. The molecule has 1 aromatic carbocycles. The summed E-state index contributed by atoms with van der Waals surface area (Å²) in [6, 6.07) is 7.00. The van der Waals surface area contributed by atoms with Crippen LogP contribution in [0.5, 0.6) is 0 Å². The average Bonchev–Trinajstić information content (AvgIpc) is 3.34. The molecule has 1 aliphatic heterocycles. The molecule has 0 radical (unpaired) electrons. The molecule has 0 bridgehead atoms. The maximum absolute atomic E-state index is 12.8. The van der Waals surface area contributed by atoms with Gasteiger partial charge in [-0.3, -0.25) is 14.5 Å². The Morgan fingerprint density at radius 2 is 1.96 bits per heavy atom. The molecular formula is C18H23N3O3. The minimum Gasteiger partial charge on any atom is -0.352 e. The van der Waals surface area contributed by atoms with Gasteiger partial charge in [-0.1, -0.05) is 29.8 Å². The molecule has 6 nitrogen and oxygen atoms in total. The number of benzene rings is 1. The Balaban J connectivity index is 1.71. The fraction of sp³-hybridized carbons (Fsp3) is 0.500. The fourth-order valence-corrected chi connectivity index (χ4v) is 3.08. The highest BCUT2D eigenvalue weighted by molar-refractivity contribution is 6.09. The second kappa shape index (κ2) is 5.92. The first-order valence-corrected chi connectivity index (χ1v) is 8.32. The van der Waals surface area contributed by atoms with E-state index in [0.29, 0.717) is 11.5 Å². The lowest BCUT2D eigenvalue weighted by atomic mass is 9.91. The van der Waals surface area contributed by atoms with Gasteiger partial charge < -0.3 is 10.6 Å². The number of urea groups is 1. The summed E-state index contributed by atoms with van der Waals surface area (Å²) < 4.78 is 0. The van der Waals surface area contributed by atoms with E-state index in [2.05, 4.69) is 10.6 Å². The molecule has 1 saturated carbocycles. The van der Waals surface area contributed by atoms with E-state index in [0.717, 1.165) is 23.3 Å². The third-order valence-electron chi connectivity index (χ3n) is 4.92. The maximum atomic E-state index is 12.8. The number of aryl methyl sites for hydroxylation is 1. The molecule has 1 aliphatic carbocycles. The summed E-state index contributed by atoms with van der Waals surface area (Å²) in [4.78, 5) is 38.1. The van der Waals surface area contributed by atoms with E-state index >= 15 is 0 Å². The largest absolute Gasteiger partial charge is 0.352 e. The van der Waals surface area contributed by atoms with Gasteiger partial charge in [0.2, 0.25) is 5.91 Å². The Morgan fingerprint density at radius 3 is 2.54 bits per heavy atom. The second-order valence-electron chi connectivity index (χ2n) is 7.01. The van der Waals surface area contributed by atoms with E-state index in [-0.39, 0.29) is 18.5 Å². The van der Waals surface area contributed by atoms with Crippen LogP contribution < -0.4 is 10.6 Å². The van der Waals surface area contributed by atoms with Gasteiger partial charge in [-0.15, -0.1) is 0 Å². The smallest absolute Gasteiger partial charge is 0.325 e. The van der Waals surface area contributed by atoms with Crippen LogP contribution in [0.4, 0.5) is 4.79 Å². The zero-order valence-electron chi connectivity index (χ0n) is 14.3. The van der Waals surface area contributed by atoms with Crippen LogP contribution in [0.2, 0.25) is 0 Å². The summed E-state index contributed by atoms with van der Waals surface area (Å²) in [7, 11) is 0. The molecule has 0 aromatic heterocycles. The lowest BCUT2D eigenvalue weighted by Gasteiger charge is -2.22. The Labute approximate surface area is 141 Å². The molecule has 6 heteroatoms. The molecule has 0 spiro atoms. The van der Waals surface area contributed by atoms with Gasteiger partial charge in [-0.25, -0.2) is 4.79 Å². The van der Waals surface area contributed by atoms with Crippen LogP contribution in [0.25, 0.3) is 0 Å². The second-order valence-corrected chi connectivity index (χ2v) is 7.01.